The normalized spacial score (nSPS) is 42.6. The summed E-state index contributed by atoms with van der Waals surface area (Å²) < 4.78 is 0. The molecule has 1 saturated heterocycles. The van der Waals surface area contributed by atoms with Crippen molar-refractivity contribution in [2.75, 3.05) is 5.75 Å². The number of aliphatic hydroxyl groups is 1. The van der Waals surface area contributed by atoms with Crippen LogP contribution in [-0.2, 0) is 0 Å². The second-order valence-electron chi connectivity index (χ2n) is 2.30. The van der Waals surface area contributed by atoms with Gasteiger partial charge in [-0.3, -0.25) is 0 Å². The lowest BCUT2D eigenvalue weighted by Crippen LogP contribution is -2.31. The summed E-state index contributed by atoms with van der Waals surface area (Å²) in [7, 11) is 0. The van der Waals surface area contributed by atoms with Crippen LogP contribution >= 0.6 is 11.8 Å². The van der Waals surface area contributed by atoms with Crippen LogP contribution in [0.25, 0.3) is 0 Å². The summed E-state index contributed by atoms with van der Waals surface area (Å²) in [6.07, 6.45) is 0.620. The third kappa shape index (κ3) is 1.05. The van der Waals surface area contributed by atoms with Crippen LogP contribution in [0.15, 0.2) is 0 Å². The van der Waals surface area contributed by atoms with Crippen LogP contribution in [0.1, 0.15) is 13.3 Å². The zero-order valence-electron chi connectivity index (χ0n) is 5.29. The van der Waals surface area contributed by atoms with E-state index in [1.807, 2.05) is 13.0 Å². The fourth-order valence-electron chi connectivity index (χ4n) is 0.879. The van der Waals surface area contributed by atoms with Crippen LogP contribution in [0.5, 0.6) is 0 Å². The predicted octanol–water partition coefficient (Wildman–Crippen LogP) is 0.766. The minimum atomic E-state index is -1.04. The fraction of sp³-hybridized carbons (Fsp3) is 0.833. The van der Waals surface area contributed by atoms with Crippen LogP contribution in [0.4, 0.5) is 0 Å². The Morgan fingerprint density at radius 3 is 2.78 bits per heavy atom. The molecule has 0 spiro atoms. The summed E-state index contributed by atoms with van der Waals surface area (Å²) in [4.78, 5) is 0. The van der Waals surface area contributed by atoms with Crippen LogP contribution in [-0.4, -0.2) is 21.7 Å². The average Bonchev–Trinajstić information content (AvgIpc) is 2.15. The highest BCUT2D eigenvalue weighted by molar-refractivity contribution is 8.00. The van der Waals surface area contributed by atoms with E-state index in [0.717, 1.165) is 5.75 Å². The van der Waals surface area contributed by atoms with Crippen molar-refractivity contribution in [1.82, 2.24) is 0 Å². The van der Waals surface area contributed by atoms with Crippen molar-refractivity contribution in [2.45, 2.75) is 24.2 Å². The summed E-state index contributed by atoms with van der Waals surface area (Å²) in [5, 5.41) is 18.0. The quantitative estimate of drug-likeness (QED) is 0.509. The number of nitriles is 1. The molecule has 0 saturated carbocycles. The molecule has 0 amide bonds. The van der Waals surface area contributed by atoms with E-state index in [4.69, 9.17) is 5.26 Å². The molecule has 0 aromatic heterocycles. The molecule has 1 rings (SSSR count). The van der Waals surface area contributed by atoms with Crippen molar-refractivity contribution in [2.24, 2.45) is 0 Å². The molecule has 1 heterocycles. The van der Waals surface area contributed by atoms with Gasteiger partial charge in [0.15, 0.2) is 5.60 Å². The topological polar surface area (TPSA) is 44.0 Å². The molecule has 1 aliphatic heterocycles. The smallest absolute Gasteiger partial charge is 0.163 e. The van der Waals surface area contributed by atoms with Crippen molar-refractivity contribution in [1.29, 1.82) is 5.26 Å². The van der Waals surface area contributed by atoms with Gasteiger partial charge in [0.05, 0.1) is 6.07 Å². The van der Waals surface area contributed by atoms with Crippen molar-refractivity contribution < 1.29 is 5.11 Å². The van der Waals surface area contributed by atoms with Crippen molar-refractivity contribution in [3.8, 4) is 6.07 Å². The largest absolute Gasteiger partial charge is 0.374 e. The first-order valence-corrected chi connectivity index (χ1v) is 3.99. The van der Waals surface area contributed by atoms with Gasteiger partial charge in [-0.1, -0.05) is 0 Å². The van der Waals surface area contributed by atoms with E-state index >= 15 is 0 Å². The SMILES string of the molecule is C[C@H]1SCC[C@]1(O)C#N. The molecule has 0 aliphatic carbocycles. The Balaban J connectivity index is 2.70. The maximum absolute atomic E-state index is 9.39. The van der Waals surface area contributed by atoms with Gasteiger partial charge < -0.3 is 5.11 Å². The molecular formula is C6H9NOS. The number of rotatable bonds is 0. The van der Waals surface area contributed by atoms with E-state index in [-0.39, 0.29) is 5.25 Å². The second-order valence-corrected chi connectivity index (χ2v) is 3.75. The molecule has 2 atom stereocenters. The Morgan fingerprint density at radius 2 is 2.56 bits per heavy atom. The Bertz CT molecular complexity index is 154. The molecule has 0 aromatic rings. The van der Waals surface area contributed by atoms with E-state index < -0.39 is 5.60 Å². The monoisotopic (exact) mass is 143 g/mol. The molecule has 9 heavy (non-hydrogen) atoms. The van der Waals surface area contributed by atoms with E-state index in [1.54, 1.807) is 11.8 Å². The molecule has 0 bridgehead atoms. The van der Waals surface area contributed by atoms with Gasteiger partial charge in [0.2, 0.25) is 0 Å². The first kappa shape index (κ1) is 6.91. The predicted molar refractivity (Wildman–Crippen MR) is 37.1 cm³/mol. The number of hydrogen-bond acceptors (Lipinski definition) is 3. The fourth-order valence-corrected chi connectivity index (χ4v) is 2.11. The van der Waals surface area contributed by atoms with Crippen molar-refractivity contribution in [3.05, 3.63) is 0 Å². The highest BCUT2D eigenvalue weighted by atomic mass is 32.2. The summed E-state index contributed by atoms with van der Waals surface area (Å²) in [6.45, 7) is 1.89. The highest BCUT2D eigenvalue weighted by Crippen LogP contribution is 2.34. The van der Waals surface area contributed by atoms with Gasteiger partial charge in [0, 0.05) is 5.25 Å². The molecular weight excluding hydrogens is 134 g/mol. The Hall–Kier alpha value is -0.200. The molecule has 0 aromatic carbocycles. The van der Waals surface area contributed by atoms with Crippen LogP contribution < -0.4 is 0 Å². The van der Waals surface area contributed by atoms with Crippen LogP contribution in [0, 0.1) is 11.3 Å². The lowest BCUT2D eigenvalue weighted by atomic mass is 10.0. The molecule has 3 heteroatoms. The lowest BCUT2D eigenvalue weighted by molar-refractivity contribution is 0.105. The van der Waals surface area contributed by atoms with Gasteiger partial charge in [-0.25, -0.2) is 0 Å². The average molecular weight is 143 g/mol. The van der Waals surface area contributed by atoms with E-state index in [9.17, 15) is 5.11 Å². The molecule has 1 fully saturated rings. The van der Waals surface area contributed by atoms with Gasteiger partial charge in [-0.05, 0) is 19.1 Å². The Labute approximate surface area is 58.9 Å². The lowest BCUT2D eigenvalue weighted by Gasteiger charge is -2.16. The zero-order chi connectivity index (χ0) is 6.91. The zero-order valence-corrected chi connectivity index (χ0v) is 6.11. The summed E-state index contributed by atoms with van der Waals surface area (Å²) >= 11 is 1.66. The van der Waals surface area contributed by atoms with Gasteiger partial charge in [-0.15, -0.1) is 0 Å². The Kier molecular flexibility index (Phi) is 1.69. The standard InChI is InChI=1S/C6H9NOS/c1-5-6(8,4-7)2-3-9-5/h5,8H,2-3H2,1H3/t5-,6+/m1/s1. The first-order chi connectivity index (χ1) is 4.19. The summed E-state index contributed by atoms with van der Waals surface area (Å²) in [5.74, 6) is 0.908. The third-order valence-corrected chi connectivity index (χ3v) is 3.05. The Morgan fingerprint density at radius 1 is 1.89 bits per heavy atom. The maximum atomic E-state index is 9.39. The summed E-state index contributed by atoms with van der Waals surface area (Å²) in [5.41, 5.74) is -1.04. The third-order valence-electron chi connectivity index (χ3n) is 1.72. The maximum Gasteiger partial charge on any atom is 0.163 e. The van der Waals surface area contributed by atoms with E-state index in [2.05, 4.69) is 0 Å². The van der Waals surface area contributed by atoms with E-state index in [0.29, 0.717) is 6.42 Å². The van der Waals surface area contributed by atoms with Gasteiger partial charge in [0.25, 0.3) is 0 Å². The van der Waals surface area contributed by atoms with E-state index in [1.165, 1.54) is 0 Å². The minimum absolute atomic E-state index is 0.0856. The number of thioether (sulfide) groups is 1. The van der Waals surface area contributed by atoms with Gasteiger partial charge in [0.1, 0.15) is 0 Å². The van der Waals surface area contributed by atoms with Gasteiger partial charge in [-0.2, -0.15) is 17.0 Å². The second kappa shape index (κ2) is 2.20. The van der Waals surface area contributed by atoms with Crippen LogP contribution in [0.3, 0.4) is 0 Å². The molecule has 1 aliphatic rings. The minimum Gasteiger partial charge on any atom is -0.374 e. The van der Waals surface area contributed by atoms with Crippen molar-refractivity contribution >= 4 is 11.8 Å². The molecule has 50 valence electrons. The summed E-state index contributed by atoms with van der Waals surface area (Å²) in [6, 6.07) is 1.92. The number of hydrogen-bond donors (Lipinski definition) is 1. The van der Waals surface area contributed by atoms with Gasteiger partial charge >= 0.3 is 0 Å². The molecule has 0 radical (unpaired) electrons. The molecule has 0 unspecified atom stereocenters. The van der Waals surface area contributed by atoms with Crippen molar-refractivity contribution in [3.63, 3.8) is 0 Å². The van der Waals surface area contributed by atoms with Crippen LogP contribution in [0.2, 0.25) is 0 Å². The molecule has 2 nitrogen and oxygen atoms in total. The highest BCUT2D eigenvalue weighted by Gasteiger charge is 2.38. The number of nitrogens with zero attached hydrogens (tertiary/aromatic N) is 1. The first-order valence-electron chi connectivity index (χ1n) is 2.94. The molecule has 1 N–H and O–H groups in total.